The zero-order valence-corrected chi connectivity index (χ0v) is 15.2. The molecule has 0 N–H and O–H groups in total. The van der Waals surface area contributed by atoms with Crippen LogP contribution in [-0.4, -0.2) is 12.6 Å². The predicted octanol–water partition coefficient (Wildman–Crippen LogP) is 4.27. The van der Waals surface area contributed by atoms with E-state index in [1.54, 1.807) is 72.8 Å². The van der Waals surface area contributed by atoms with Gasteiger partial charge < -0.3 is 0 Å². The molecule has 0 saturated carbocycles. The molecular formula is C19H17NO3S2. The number of hydrogen-bond acceptors (Lipinski definition) is 3. The Morgan fingerprint density at radius 1 is 0.600 bits per heavy atom. The summed E-state index contributed by atoms with van der Waals surface area (Å²) < 4.78 is 43.1. The van der Waals surface area contributed by atoms with Gasteiger partial charge in [0.15, 0.2) is 0 Å². The molecule has 0 fully saturated rings. The summed E-state index contributed by atoms with van der Waals surface area (Å²) in [6, 6.07) is 23.3. The fraction of sp³-hybridized carbons (Fsp3) is 0.0526. The molecule has 128 valence electrons. The maximum Gasteiger partial charge on any atom is 0.290 e. The molecule has 0 spiro atoms. The second-order valence-electron chi connectivity index (χ2n) is 5.51. The van der Waals surface area contributed by atoms with Gasteiger partial charge in [-0.05, 0) is 43.3 Å². The van der Waals surface area contributed by atoms with Gasteiger partial charge in [-0.1, -0.05) is 57.9 Å². The first-order valence-electron chi connectivity index (χ1n) is 7.62. The van der Waals surface area contributed by atoms with E-state index >= 15 is 0 Å². The summed E-state index contributed by atoms with van der Waals surface area (Å²) in [5, 5.41) is 0. The first-order chi connectivity index (χ1) is 11.9. The van der Waals surface area contributed by atoms with Crippen molar-refractivity contribution in [1.82, 2.24) is 0 Å². The van der Waals surface area contributed by atoms with Crippen molar-refractivity contribution in [3.05, 3.63) is 90.5 Å². The Morgan fingerprint density at radius 2 is 1.04 bits per heavy atom. The highest BCUT2D eigenvalue weighted by atomic mass is 32.3. The van der Waals surface area contributed by atoms with E-state index in [0.29, 0.717) is 9.79 Å². The molecule has 0 amide bonds. The van der Waals surface area contributed by atoms with Crippen LogP contribution in [0.3, 0.4) is 0 Å². The van der Waals surface area contributed by atoms with Crippen LogP contribution in [-0.2, 0) is 19.8 Å². The molecule has 6 heteroatoms. The molecule has 0 bridgehead atoms. The largest absolute Gasteiger partial charge is 0.290 e. The Hall–Kier alpha value is -2.44. The van der Waals surface area contributed by atoms with Gasteiger partial charge in [0.25, 0.3) is 10.0 Å². The molecule has 0 unspecified atom stereocenters. The van der Waals surface area contributed by atoms with E-state index in [1.807, 2.05) is 6.92 Å². The molecule has 3 aromatic carbocycles. The second kappa shape index (κ2) is 6.82. The normalized spacial score (nSPS) is 11.9. The van der Waals surface area contributed by atoms with Gasteiger partial charge in [0.05, 0.1) is 14.7 Å². The molecule has 0 heterocycles. The molecule has 0 atom stereocenters. The van der Waals surface area contributed by atoms with Crippen molar-refractivity contribution in [3.8, 4) is 0 Å². The third kappa shape index (κ3) is 3.65. The molecule has 0 aliphatic heterocycles. The van der Waals surface area contributed by atoms with Crippen molar-refractivity contribution < 1.29 is 12.6 Å². The van der Waals surface area contributed by atoms with Gasteiger partial charge in [0, 0.05) is 0 Å². The summed E-state index contributed by atoms with van der Waals surface area (Å²) in [6.45, 7) is 1.87. The molecule has 0 radical (unpaired) electrons. The number of sulfonamides is 1. The van der Waals surface area contributed by atoms with Crippen molar-refractivity contribution in [2.24, 2.45) is 3.77 Å². The maximum atomic E-state index is 13.7. The van der Waals surface area contributed by atoms with Crippen LogP contribution in [0.4, 0.5) is 0 Å². The summed E-state index contributed by atoms with van der Waals surface area (Å²) in [4.78, 5) is 0.742. The van der Waals surface area contributed by atoms with Crippen LogP contribution in [0, 0.1) is 6.92 Å². The number of aryl methyl sites for hydroxylation is 1. The fourth-order valence-electron chi connectivity index (χ4n) is 2.32. The van der Waals surface area contributed by atoms with Crippen molar-refractivity contribution in [1.29, 1.82) is 0 Å². The van der Waals surface area contributed by atoms with Gasteiger partial charge in [-0.15, -0.1) is 0 Å². The zero-order chi connectivity index (χ0) is 17.9. The highest BCUT2D eigenvalue weighted by Crippen LogP contribution is 2.26. The SMILES string of the molecule is Cc1ccc(S(=O)(=O)N=S(=O)(c2ccccc2)c2ccccc2)cc1. The van der Waals surface area contributed by atoms with Crippen molar-refractivity contribution in [2.45, 2.75) is 21.6 Å². The third-order valence-corrected chi connectivity index (χ3v) is 7.96. The monoisotopic (exact) mass is 371 g/mol. The quantitative estimate of drug-likeness (QED) is 0.688. The Kier molecular flexibility index (Phi) is 4.74. The van der Waals surface area contributed by atoms with Crippen LogP contribution >= 0.6 is 0 Å². The minimum Gasteiger partial charge on any atom is -0.239 e. The van der Waals surface area contributed by atoms with E-state index in [1.165, 1.54) is 12.1 Å². The van der Waals surface area contributed by atoms with E-state index in [-0.39, 0.29) is 4.90 Å². The van der Waals surface area contributed by atoms with Gasteiger partial charge in [0.1, 0.15) is 9.73 Å². The lowest BCUT2D eigenvalue weighted by Crippen LogP contribution is -2.07. The van der Waals surface area contributed by atoms with Gasteiger partial charge in [-0.2, -0.15) is 8.42 Å². The van der Waals surface area contributed by atoms with E-state index in [9.17, 15) is 12.6 Å². The van der Waals surface area contributed by atoms with Crippen molar-refractivity contribution >= 4 is 19.8 Å². The second-order valence-corrected chi connectivity index (χ2v) is 9.53. The summed E-state index contributed by atoms with van der Waals surface area (Å²) in [6.07, 6.45) is 0. The Balaban J connectivity index is 2.27. The molecule has 3 aromatic rings. The lowest BCUT2D eigenvalue weighted by atomic mass is 10.2. The number of nitrogens with zero attached hydrogens (tertiary/aromatic N) is 1. The minimum atomic E-state index is -4.08. The van der Waals surface area contributed by atoms with Gasteiger partial charge in [-0.25, -0.2) is 4.21 Å². The molecule has 0 aliphatic rings. The number of benzene rings is 3. The summed E-state index contributed by atoms with van der Waals surface area (Å²) >= 11 is 0. The lowest BCUT2D eigenvalue weighted by Gasteiger charge is -2.11. The topological polar surface area (TPSA) is 63.6 Å². The van der Waals surface area contributed by atoms with E-state index in [0.717, 1.165) is 5.56 Å². The van der Waals surface area contributed by atoms with Crippen LogP contribution < -0.4 is 0 Å². The Morgan fingerprint density at radius 3 is 1.48 bits per heavy atom. The van der Waals surface area contributed by atoms with E-state index < -0.39 is 19.8 Å². The first-order valence-corrected chi connectivity index (χ1v) is 10.6. The average Bonchev–Trinajstić information content (AvgIpc) is 2.63. The summed E-state index contributed by atoms with van der Waals surface area (Å²) in [5.74, 6) is 0. The molecule has 4 nitrogen and oxygen atoms in total. The summed E-state index contributed by atoms with van der Waals surface area (Å²) in [7, 11) is -7.41. The molecule has 0 aliphatic carbocycles. The van der Waals surface area contributed by atoms with Gasteiger partial charge >= 0.3 is 0 Å². The highest BCUT2D eigenvalue weighted by Gasteiger charge is 2.22. The van der Waals surface area contributed by atoms with Crippen LogP contribution in [0.15, 0.2) is 103 Å². The fourth-order valence-corrected chi connectivity index (χ4v) is 6.27. The molecule has 25 heavy (non-hydrogen) atoms. The van der Waals surface area contributed by atoms with Crippen LogP contribution in [0.5, 0.6) is 0 Å². The minimum absolute atomic E-state index is 0.0256. The third-order valence-electron chi connectivity index (χ3n) is 3.65. The molecule has 0 aromatic heterocycles. The van der Waals surface area contributed by atoms with Gasteiger partial charge in [0.2, 0.25) is 0 Å². The predicted molar refractivity (Wildman–Crippen MR) is 98.4 cm³/mol. The molecule has 3 rings (SSSR count). The summed E-state index contributed by atoms with van der Waals surface area (Å²) in [5.41, 5.74) is 0.936. The number of hydrogen-bond donors (Lipinski definition) is 0. The highest BCUT2D eigenvalue weighted by molar-refractivity contribution is 8.03. The number of rotatable bonds is 4. The Bertz CT molecular complexity index is 1040. The van der Waals surface area contributed by atoms with Crippen molar-refractivity contribution in [2.75, 3.05) is 0 Å². The van der Waals surface area contributed by atoms with Crippen LogP contribution in [0.1, 0.15) is 5.56 Å². The van der Waals surface area contributed by atoms with E-state index in [4.69, 9.17) is 0 Å². The van der Waals surface area contributed by atoms with Crippen LogP contribution in [0.25, 0.3) is 0 Å². The van der Waals surface area contributed by atoms with Crippen LogP contribution in [0.2, 0.25) is 0 Å². The smallest absolute Gasteiger partial charge is 0.239 e. The van der Waals surface area contributed by atoms with Gasteiger partial charge in [-0.3, -0.25) is 0 Å². The maximum absolute atomic E-state index is 13.7. The lowest BCUT2D eigenvalue weighted by molar-refractivity contribution is 0.598. The zero-order valence-electron chi connectivity index (χ0n) is 13.6. The van der Waals surface area contributed by atoms with E-state index in [2.05, 4.69) is 3.77 Å². The average molecular weight is 371 g/mol. The van der Waals surface area contributed by atoms with Crippen molar-refractivity contribution in [3.63, 3.8) is 0 Å². The Labute approximate surface area is 148 Å². The standard InChI is InChI=1S/C19H17NO3S2/c1-16-12-14-19(15-13-16)25(22,23)20-24(21,17-8-4-2-5-9-17)18-10-6-3-7-11-18/h2-15H,1H3. The molecular weight excluding hydrogens is 354 g/mol. The molecule has 0 saturated heterocycles. The first kappa shape index (κ1) is 17.4.